The zero-order chi connectivity index (χ0) is 11.2. The van der Waals surface area contributed by atoms with Gasteiger partial charge in [-0.3, -0.25) is 10.1 Å². The summed E-state index contributed by atoms with van der Waals surface area (Å²) in [7, 11) is 0. The number of hydrogen-bond donors (Lipinski definition) is 2. The van der Waals surface area contributed by atoms with Crippen LogP contribution in [0.2, 0.25) is 0 Å². The predicted octanol–water partition coefficient (Wildman–Crippen LogP) is 0.984. The van der Waals surface area contributed by atoms with E-state index in [1.165, 1.54) is 11.3 Å². The maximum atomic E-state index is 11.4. The second kappa shape index (κ2) is 5.17. The maximum Gasteiger partial charge on any atom is 0.246 e. The first-order valence-electron chi connectivity index (χ1n) is 4.55. The van der Waals surface area contributed by atoms with Crippen molar-refractivity contribution in [3.8, 4) is 0 Å². The van der Waals surface area contributed by atoms with Crippen molar-refractivity contribution in [3.05, 3.63) is 30.0 Å². The van der Waals surface area contributed by atoms with Gasteiger partial charge in [0.05, 0.1) is 6.54 Å². The standard InChI is InChI=1S/C9H9N5OS/c15-7(6-13-9-12-4-5-16-9)14-8-10-2-1-3-11-8/h1-5H,6H2,(H,12,13)(H,10,11,14,15). The fourth-order valence-electron chi connectivity index (χ4n) is 0.999. The number of amides is 1. The van der Waals surface area contributed by atoms with Gasteiger partial charge < -0.3 is 5.32 Å². The summed E-state index contributed by atoms with van der Waals surface area (Å²) >= 11 is 1.44. The van der Waals surface area contributed by atoms with Crippen molar-refractivity contribution in [2.45, 2.75) is 0 Å². The molecule has 7 heteroatoms. The van der Waals surface area contributed by atoms with E-state index in [0.29, 0.717) is 11.1 Å². The minimum Gasteiger partial charge on any atom is -0.352 e. The van der Waals surface area contributed by atoms with Crippen molar-refractivity contribution in [3.63, 3.8) is 0 Å². The van der Waals surface area contributed by atoms with Gasteiger partial charge in [0.1, 0.15) is 0 Å². The van der Waals surface area contributed by atoms with Crippen LogP contribution in [0.4, 0.5) is 11.1 Å². The highest BCUT2D eigenvalue weighted by atomic mass is 32.1. The summed E-state index contributed by atoms with van der Waals surface area (Å²) in [5.74, 6) is 0.0924. The molecule has 0 saturated carbocycles. The molecule has 2 rings (SSSR count). The average Bonchev–Trinajstić information content (AvgIpc) is 2.81. The van der Waals surface area contributed by atoms with Crippen molar-refractivity contribution >= 4 is 28.3 Å². The summed E-state index contributed by atoms with van der Waals surface area (Å²) < 4.78 is 0. The first-order valence-corrected chi connectivity index (χ1v) is 5.43. The van der Waals surface area contributed by atoms with Crippen molar-refractivity contribution in [2.24, 2.45) is 0 Å². The van der Waals surface area contributed by atoms with Crippen LogP contribution in [-0.2, 0) is 4.79 Å². The lowest BCUT2D eigenvalue weighted by Crippen LogP contribution is -2.22. The number of aromatic nitrogens is 3. The van der Waals surface area contributed by atoms with Gasteiger partial charge in [-0.1, -0.05) is 0 Å². The molecule has 6 nitrogen and oxygen atoms in total. The molecule has 16 heavy (non-hydrogen) atoms. The topological polar surface area (TPSA) is 79.8 Å². The smallest absolute Gasteiger partial charge is 0.246 e. The Hall–Kier alpha value is -2.02. The van der Waals surface area contributed by atoms with Crippen LogP contribution >= 0.6 is 11.3 Å². The Kier molecular flexibility index (Phi) is 3.39. The second-order valence-corrected chi connectivity index (χ2v) is 3.71. The molecule has 0 saturated heterocycles. The molecule has 82 valence electrons. The lowest BCUT2D eigenvalue weighted by molar-refractivity contribution is -0.114. The Bertz CT molecular complexity index is 444. The third-order valence-electron chi connectivity index (χ3n) is 1.65. The van der Waals surface area contributed by atoms with E-state index in [-0.39, 0.29) is 12.5 Å². The molecule has 0 unspecified atom stereocenters. The lowest BCUT2D eigenvalue weighted by Gasteiger charge is -2.03. The van der Waals surface area contributed by atoms with Crippen LogP contribution in [0.15, 0.2) is 30.0 Å². The molecule has 0 aliphatic carbocycles. The van der Waals surface area contributed by atoms with Crippen molar-refractivity contribution in [2.75, 3.05) is 17.2 Å². The van der Waals surface area contributed by atoms with E-state index in [2.05, 4.69) is 25.6 Å². The van der Waals surface area contributed by atoms with E-state index in [9.17, 15) is 4.79 Å². The largest absolute Gasteiger partial charge is 0.352 e. The lowest BCUT2D eigenvalue weighted by atomic mass is 10.6. The zero-order valence-electron chi connectivity index (χ0n) is 8.25. The van der Waals surface area contributed by atoms with Gasteiger partial charge in [0.25, 0.3) is 0 Å². The van der Waals surface area contributed by atoms with Gasteiger partial charge in [-0.2, -0.15) is 0 Å². The maximum absolute atomic E-state index is 11.4. The Labute approximate surface area is 95.8 Å². The van der Waals surface area contributed by atoms with E-state index in [4.69, 9.17) is 0 Å². The summed E-state index contributed by atoms with van der Waals surface area (Å²) in [6, 6.07) is 1.68. The molecule has 0 aliphatic rings. The minimum absolute atomic E-state index is 0.145. The van der Waals surface area contributed by atoms with Crippen LogP contribution in [0.1, 0.15) is 0 Å². The molecule has 0 bridgehead atoms. The summed E-state index contributed by atoms with van der Waals surface area (Å²) in [5, 5.41) is 7.99. The number of thiazole rings is 1. The molecule has 0 fully saturated rings. The summed E-state index contributed by atoms with van der Waals surface area (Å²) in [6.07, 6.45) is 4.80. The molecule has 2 heterocycles. The van der Waals surface area contributed by atoms with Crippen LogP contribution in [0.5, 0.6) is 0 Å². The Morgan fingerprint density at radius 2 is 2.06 bits per heavy atom. The SMILES string of the molecule is O=C(CNc1nccs1)Nc1ncccn1. The van der Waals surface area contributed by atoms with Crippen LogP contribution in [0.25, 0.3) is 0 Å². The van der Waals surface area contributed by atoms with Crippen molar-refractivity contribution in [1.29, 1.82) is 0 Å². The first kappa shape index (κ1) is 10.5. The van der Waals surface area contributed by atoms with Gasteiger partial charge in [-0.15, -0.1) is 11.3 Å². The van der Waals surface area contributed by atoms with Gasteiger partial charge in [-0.05, 0) is 6.07 Å². The molecule has 0 aromatic carbocycles. The summed E-state index contributed by atoms with van der Waals surface area (Å²) in [6.45, 7) is 0.145. The zero-order valence-corrected chi connectivity index (χ0v) is 9.07. The second-order valence-electron chi connectivity index (χ2n) is 2.81. The van der Waals surface area contributed by atoms with Gasteiger partial charge in [0.15, 0.2) is 5.13 Å². The molecule has 2 aromatic heterocycles. The number of anilines is 2. The highest BCUT2D eigenvalue weighted by Gasteiger charge is 2.03. The summed E-state index contributed by atoms with van der Waals surface area (Å²) in [4.78, 5) is 23.2. The average molecular weight is 235 g/mol. The van der Waals surface area contributed by atoms with Crippen LogP contribution in [0, 0.1) is 0 Å². The fourth-order valence-corrected chi connectivity index (χ4v) is 1.53. The molecule has 0 spiro atoms. The van der Waals surface area contributed by atoms with E-state index in [1.54, 1.807) is 24.7 Å². The number of rotatable bonds is 4. The number of nitrogens with zero attached hydrogens (tertiary/aromatic N) is 3. The number of nitrogens with one attached hydrogen (secondary N) is 2. The Morgan fingerprint density at radius 1 is 1.25 bits per heavy atom. The van der Waals surface area contributed by atoms with Crippen LogP contribution < -0.4 is 10.6 Å². The van der Waals surface area contributed by atoms with Crippen LogP contribution in [-0.4, -0.2) is 27.4 Å². The van der Waals surface area contributed by atoms with E-state index in [0.717, 1.165) is 0 Å². The van der Waals surface area contributed by atoms with Crippen molar-refractivity contribution in [1.82, 2.24) is 15.0 Å². The molecule has 2 N–H and O–H groups in total. The molecule has 2 aromatic rings. The third-order valence-corrected chi connectivity index (χ3v) is 2.38. The monoisotopic (exact) mass is 235 g/mol. The highest BCUT2D eigenvalue weighted by Crippen LogP contribution is 2.09. The van der Waals surface area contributed by atoms with Gasteiger partial charge in [0, 0.05) is 24.0 Å². The van der Waals surface area contributed by atoms with E-state index in [1.807, 2.05) is 5.38 Å². The molecular formula is C9H9N5OS. The van der Waals surface area contributed by atoms with E-state index < -0.39 is 0 Å². The van der Waals surface area contributed by atoms with Crippen molar-refractivity contribution < 1.29 is 4.79 Å². The number of carbonyl (C=O) groups is 1. The number of carbonyl (C=O) groups excluding carboxylic acids is 1. The quantitative estimate of drug-likeness (QED) is 0.825. The molecule has 0 atom stereocenters. The number of hydrogen-bond acceptors (Lipinski definition) is 6. The predicted molar refractivity (Wildman–Crippen MR) is 61.3 cm³/mol. The van der Waals surface area contributed by atoms with E-state index >= 15 is 0 Å². The first-order chi connectivity index (χ1) is 7.84. The minimum atomic E-state index is -0.207. The van der Waals surface area contributed by atoms with Crippen LogP contribution in [0.3, 0.4) is 0 Å². The Balaban J connectivity index is 1.81. The van der Waals surface area contributed by atoms with Gasteiger partial charge >= 0.3 is 0 Å². The molecule has 1 amide bonds. The normalized spacial score (nSPS) is 9.75. The Morgan fingerprint density at radius 3 is 2.75 bits per heavy atom. The van der Waals surface area contributed by atoms with Gasteiger partial charge in [0.2, 0.25) is 11.9 Å². The third kappa shape index (κ3) is 2.99. The molecule has 0 aliphatic heterocycles. The summed E-state index contributed by atoms with van der Waals surface area (Å²) in [5.41, 5.74) is 0. The highest BCUT2D eigenvalue weighted by molar-refractivity contribution is 7.13. The molecule has 0 radical (unpaired) electrons. The fraction of sp³-hybridized carbons (Fsp3) is 0.111. The van der Waals surface area contributed by atoms with Gasteiger partial charge in [-0.25, -0.2) is 15.0 Å². The molecular weight excluding hydrogens is 226 g/mol.